The molecule has 0 saturated heterocycles. The summed E-state index contributed by atoms with van der Waals surface area (Å²) in [4.78, 5) is 27.9. The number of carbonyl (C=O) groups is 1. The van der Waals surface area contributed by atoms with E-state index in [2.05, 4.69) is 16.2 Å². The molecule has 3 aromatic rings. The van der Waals surface area contributed by atoms with E-state index in [1.54, 1.807) is 17.9 Å². The maximum atomic E-state index is 12.8. The zero-order chi connectivity index (χ0) is 21.0. The summed E-state index contributed by atoms with van der Waals surface area (Å²) in [6.45, 7) is 6.35. The van der Waals surface area contributed by atoms with Crippen molar-refractivity contribution in [2.24, 2.45) is 5.92 Å². The second-order valence-electron chi connectivity index (χ2n) is 7.08. The van der Waals surface area contributed by atoms with Crippen molar-refractivity contribution < 1.29 is 9.32 Å². The summed E-state index contributed by atoms with van der Waals surface area (Å²) in [5.74, 6) is 2.98. The Morgan fingerprint density at radius 3 is 2.79 bits per heavy atom. The Hall–Kier alpha value is -3.18. The van der Waals surface area contributed by atoms with E-state index in [0.717, 1.165) is 4.88 Å². The van der Waals surface area contributed by atoms with Gasteiger partial charge in [-0.15, -0.1) is 17.8 Å². The van der Waals surface area contributed by atoms with E-state index in [4.69, 9.17) is 10.9 Å². The van der Waals surface area contributed by atoms with E-state index in [9.17, 15) is 9.59 Å². The van der Waals surface area contributed by atoms with Crippen LogP contribution in [0.4, 0.5) is 0 Å². The van der Waals surface area contributed by atoms with Crippen molar-refractivity contribution >= 4 is 17.2 Å². The van der Waals surface area contributed by atoms with Gasteiger partial charge in [0, 0.05) is 18.7 Å². The average Bonchev–Trinajstić information content (AvgIpc) is 3.34. The van der Waals surface area contributed by atoms with Crippen molar-refractivity contribution in [1.29, 1.82) is 0 Å². The quantitative estimate of drug-likeness (QED) is 0.559. The number of thiophene rings is 1. The second-order valence-corrected chi connectivity index (χ2v) is 8.03. The molecule has 0 bridgehead atoms. The number of amides is 1. The van der Waals surface area contributed by atoms with Crippen LogP contribution in [-0.2, 0) is 11.3 Å². The number of hydrogen-bond donors (Lipinski definition) is 0. The highest BCUT2D eigenvalue weighted by atomic mass is 32.1. The maximum absolute atomic E-state index is 12.8. The summed E-state index contributed by atoms with van der Waals surface area (Å²) < 4.78 is 6.52. The van der Waals surface area contributed by atoms with Crippen molar-refractivity contribution in [1.82, 2.24) is 19.8 Å². The highest BCUT2D eigenvalue weighted by molar-refractivity contribution is 7.13. The van der Waals surface area contributed by atoms with Crippen LogP contribution >= 0.6 is 11.3 Å². The first-order valence-corrected chi connectivity index (χ1v) is 10.1. The zero-order valence-electron chi connectivity index (χ0n) is 16.6. The zero-order valence-corrected chi connectivity index (χ0v) is 17.4. The Morgan fingerprint density at radius 2 is 2.21 bits per heavy atom. The van der Waals surface area contributed by atoms with Gasteiger partial charge in [-0.2, -0.15) is 5.10 Å². The predicted molar refractivity (Wildman–Crippen MR) is 112 cm³/mol. The Labute approximate surface area is 173 Å². The Balaban J connectivity index is 2.00. The molecule has 0 unspecified atom stereocenters. The summed E-state index contributed by atoms with van der Waals surface area (Å²) in [6.07, 6.45) is 5.40. The highest BCUT2D eigenvalue weighted by Gasteiger charge is 2.20. The van der Waals surface area contributed by atoms with Crippen molar-refractivity contribution in [2.75, 3.05) is 13.1 Å². The largest absolute Gasteiger partial charge is 0.356 e. The standard InChI is InChI=1S/C21H22N4O3S/c1-5-8-24(12-14(2)3)20(27)13-25-19(26)11-16(17-10-15(4)23-28-17)21(22-25)18-7-6-9-29-18/h1,6-7,9-11,14H,8,12-13H2,2-4H3. The van der Waals surface area contributed by atoms with E-state index in [-0.39, 0.29) is 24.9 Å². The molecule has 0 aliphatic carbocycles. The molecule has 0 spiro atoms. The van der Waals surface area contributed by atoms with Gasteiger partial charge in [-0.25, -0.2) is 4.68 Å². The lowest BCUT2D eigenvalue weighted by atomic mass is 10.1. The molecule has 0 aromatic carbocycles. The van der Waals surface area contributed by atoms with Crippen LogP contribution in [0.2, 0.25) is 0 Å². The third-order valence-electron chi connectivity index (χ3n) is 4.15. The van der Waals surface area contributed by atoms with Crippen LogP contribution in [0.3, 0.4) is 0 Å². The first kappa shape index (κ1) is 20.6. The highest BCUT2D eigenvalue weighted by Crippen LogP contribution is 2.32. The average molecular weight is 410 g/mol. The number of rotatable bonds is 7. The molecule has 1 amide bonds. The number of terminal acetylenes is 1. The number of aromatic nitrogens is 3. The van der Waals surface area contributed by atoms with E-state index < -0.39 is 5.56 Å². The third kappa shape index (κ3) is 4.81. The van der Waals surface area contributed by atoms with E-state index in [1.165, 1.54) is 22.1 Å². The molecule has 0 N–H and O–H groups in total. The lowest BCUT2D eigenvalue weighted by Crippen LogP contribution is -2.39. The van der Waals surface area contributed by atoms with Gasteiger partial charge in [-0.3, -0.25) is 9.59 Å². The smallest absolute Gasteiger partial charge is 0.268 e. The lowest BCUT2D eigenvalue weighted by molar-refractivity contribution is -0.132. The minimum atomic E-state index is -0.395. The Morgan fingerprint density at radius 1 is 1.41 bits per heavy atom. The SMILES string of the molecule is C#CCN(CC(C)C)C(=O)Cn1nc(-c2cccs2)c(-c2cc(C)no2)cc1=O. The second kappa shape index (κ2) is 8.88. The minimum absolute atomic E-state index is 0.179. The molecule has 150 valence electrons. The lowest BCUT2D eigenvalue weighted by Gasteiger charge is -2.22. The van der Waals surface area contributed by atoms with Crippen LogP contribution < -0.4 is 5.56 Å². The fourth-order valence-corrected chi connectivity index (χ4v) is 3.63. The van der Waals surface area contributed by atoms with Gasteiger partial charge >= 0.3 is 0 Å². The molecule has 7 nitrogen and oxygen atoms in total. The molecular formula is C21H22N4O3S. The molecule has 0 radical (unpaired) electrons. The molecule has 0 atom stereocenters. The summed E-state index contributed by atoms with van der Waals surface area (Å²) in [6, 6.07) is 6.98. The van der Waals surface area contributed by atoms with Crippen molar-refractivity contribution in [3.8, 4) is 34.2 Å². The van der Waals surface area contributed by atoms with Gasteiger partial charge in [0.1, 0.15) is 12.2 Å². The van der Waals surface area contributed by atoms with E-state index in [1.807, 2.05) is 31.4 Å². The summed E-state index contributed by atoms with van der Waals surface area (Å²) in [7, 11) is 0. The number of aryl methyl sites for hydroxylation is 1. The molecule has 8 heteroatoms. The molecule has 0 fully saturated rings. The maximum Gasteiger partial charge on any atom is 0.268 e. The fourth-order valence-electron chi connectivity index (χ4n) is 2.91. The van der Waals surface area contributed by atoms with Gasteiger partial charge in [0.2, 0.25) is 5.91 Å². The van der Waals surface area contributed by atoms with Crippen molar-refractivity contribution in [3.05, 3.63) is 45.7 Å². The number of hydrogen-bond acceptors (Lipinski definition) is 6. The Bertz CT molecular complexity index is 1090. The van der Waals surface area contributed by atoms with Crippen LogP contribution in [0.1, 0.15) is 19.5 Å². The third-order valence-corrected chi connectivity index (χ3v) is 5.03. The summed E-state index contributed by atoms with van der Waals surface area (Å²) >= 11 is 1.49. The van der Waals surface area contributed by atoms with Crippen LogP contribution in [0.5, 0.6) is 0 Å². The van der Waals surface area contributed by atoms with Gasteiger partial charge < -0.3 is 9.42 Å². The van der Waals surface area contributed by atoms with Crippen molar-refractivity contribution in [2.45, 2.75) is 27.3 Å². The fraction of sp³-hybridized carbons (Fsp3) is 0.333. The monoisotopic (exact) mass is 410 g/mol. The predicted octanol–water partition coefficient (Wildman–Crippen LogP) is 3.05. The molecule has 29 heavy (non-hydrogen) atoms. The van der Waals surface area contributed by atoms with Gasteiger partial charge in [0.05, 0.1) is 22.7 Å². The number of nitrogens with zero attached hydrogens (tertiary/aromatic N) is 4. The van der Waals surface area contributed by atoms with Crippen LogP contribution in [0.15, 0.2) is 39.0 Å². The van der Waals surface area contributed by atoms with Gasteiger partial charge in [0.25, 0.3) is 5.56 Å². The molecular weight excluding hydrogens is 388 g/mol. The minimum Gasteiger partial charge on any atom is -0.356 e. The number of carbonyl (C=O) groups excluding carboxylic acids is 1. The first-order valence-electron chi connectivity index (χ1n) is 9.20. The molecule has 3 aromatic heterocycles. The van der Waals surface area contributed by atoms with Gasteiger partial charge in [-0.1, -0.05) is 31.0 Å². The van der Waals surface area contributed by atoms with Crippen LogP contribution in [-0.4, -0.2) is 38.8 Å². The summed E-state index contributed by atoms with van der Waals surface area (Å²) in [5.41, 5.74) is 1.42. The summed E-state index contributed by atoms with van der Waals surface area (Å²) in [5, 5.41) is 10.3. The topological polar surface area (TPSA) is 81.2 Å². The van der Waals surface area contributed by atoms with Gasteiger partial charge in [-0.05, 0) is 24.3 Å². The molecule has 3 heterocycles. The van der Waals surface area contributed by atoms with E-state index in [0.29, 0.717) is 29.3 Å². The molecule has 0 aliphatic rings. The van der Waals surface area contributed by atoms with Crippen molar-refractivity contribution in [3.63, 3.8) is 0 Å². The van der Waals surface area contributed by atoms with E-state index >= 15 is 0 Å². The van der Waals surface area contributed by atoms with Gasteiger partial charge in [0.15, 0.2) is 5.76 Å². The first-order chi connectivity index (χ1) is 13.9. The van der Waals surface area contributed by atoms with Crippen LogP contribution in [0, 0.1) is 25.2 Å². The Kier molecular flexibility index (Phi) is 6.29. The molecule has 3 rings (SSSR count). The normalized spacial score (nSPS) is 10.9. The molecule has 0 saturated carbocycles. The molecule has 0 aliphatic heterocycles. The van der Waals surface area contributed by atoms with Crippen LogP contribution in [0.25, 0.3) is 21.9 Å².